The first-order valence-corrected chi connectivity index (χ1v) is 7.59. The molecule has 1 unspecified atom stereocenters. The van der Waals surface area contributed by atoms with Gasteiger partial charge < -0.3 is 10.2 Å². The smallest absolute Gasteiger partial charge is 0.264 e. The standard InChI is InChI=1S/C12H17BrN2OS/c1-2-15(8-9-4-3-7-14-9)12(16)10-5-6-11(13)17-10/h5-6,9,14H,2-4,7-8H2,1H3. The van der Waals surface area contributed by atoms with Crippen molar-refractivity contribution in [3.8, 4) is 0 Å². The van der Waals surface area contributed by atoms with Crippen molar-refractivity contribution in [3.05, 3.63) is 20.8 Å². The van der Waals surface area contributed by atoms with E-state index in [4.69, 9.17) is 0 Å². The van der Waals surface area contributed by atoms with Gasteiger partial charge >= 0.3 is 0 Å². The van der Waals surface area contributed by atoms with Crippen molar-refractivity contribution in [3.63, 3.8) is 0 Å². The van der Waals surface area contributed by atoms with Gasteiger partial charge in [0.05, 0.1) is 8.66 Å². The molecule has 1 N–H and O–H groups in total. The lowest BCUT2D eigenvalue weighted by molar-refractivity contribution is 0.0756. The number of amides is 1. The fraction of sp³-hybridized carbons (Fsp3) is 0.583. The van der Waals surface area contributed by atoms with Crippen molar-refractivity contribution >= 4 is 33.2 Å². The van der Waals surface area contributed by atoms with E-state index in [0.717, 1.165) is 28.3 Å². The molecule has 2 heterocycles. The van der Waals surface area contributed by atoms with Crippen LogP contribution in [0.15, 0.2) is 15.9 Å². The number of hydrogen-bond donors (Lipinski definition) is 1. The highest BCUT2D eigenvalue weighted by molar-refractivity contribution is 9.11. The van der Waals surface area contributed by atoms with E-state index in [0.29, 0.717) is 6.04 Å². The van der Waals surface area contributed by atoms with Gasteiger partial charge in [0, 0.05) is 19.1 Å². The fourth-order valence-corrected chi connectivity index (χ4v) is 3.47. The van der Waals surface area contributed by atoms with Gasteiger partial charge in [0.15, 0.2) is 0 Å². The molecule has 3 nitrogen and oxygen atoms in total. The summed E-state index contributed by atoms with van der Waals surface area (Å²) in [5.74, 6) is 0.150. The summed E-state index contributed by atoms with van der Waals surface area (Å²) in [6.45, 7) is 4.72. The zero-order chi connectivity index (χ0) is 12.3. The highest BCUT2D eigenvalue weighted by atomic mass is 79.9. The summed E-state index contributed by atoms with van der Waals surface area (Å²) in [5, 5.41) is 3.43. The van der Waals surface area contributed by atoms with Crippen LogP contribution in [-0.4, -0.2) is 36.5 Å². The molecule has 1 atom stereocenters. The van der Waals surface area contributed by atoms with E-state index in [9.17, 15) is 4.79 Å². The van der Waals surface area contributed by atoms with Crippen molar-refractivity contribution in [2.45, 2.75) is 25.8 Å². The Labute approximate surface area is 114 Å². The number of rotatable bonds is 4. The van der Waals surface area contributed by atoms with Gasteiger partial charge in [-0.2, -0.15) is 0 Å². The number of thiophene rings is 1. The molecule has 2 rings (SSSR count). The van der Waals surface area contributed by atoms with Crippen molar-refractivity contribution in [1.82, 2.24) is 10.2 Å². The molecule has 1 amide bonds. The van der Waals surface area contributed by atoms with Gasteiger partial charge in [-0.1, -0.05) is 0 Å². The van der Waals surface area contributed by atoms with Crippen LogP contribution >= 0.6 is 27.3 Å². The molecule has 0 aromatic carbocycles. The molecule has 94 valence electrons. The lowest BCUT2D eigenvalue weighted by Gasteiger charge is -2.23. The van der Waals surface area contributed by atoms with Gasteiger partial charge in [0.25, 0.3) is 5.91 Å². The van der Waals surface area contributed by atoms with Crippen LogP contribution in [0.2, 0.25) is 0 Å². The Kier molecular flexibility index (Phi) is 4.59. The van der Waals surface area contributed by atoms with Gasteiger partial charge in [-0.3, -0.25) is 4.79 Å². The van der Waals surface area contributed by atoms with Gasteiger partial charge in [-0.25, -0.2) is 0 Å². The monoisotopic (exact) mass is 316 g/mol. The van der Waals surface area contributed by atoms with E-state index in [2.05, 4.69) is 21.2 Å². The molecular weight excluding hydrogens is 300 g/mol. The van der Waals surface area contributed by atoms with Gasteiger partial charge in [0.1, 0.15) is 0 Å². The zero-order valence-electron chi connectivity index (χ0n) is 9.91. The van der Waals surface area contributed by atoms with Crippen LogP contribution in [0.25, 0.3) is 0 Å². The number of nitrogens with one attached hydrogen (secondary N) is 1. The van der Waals surface area contributed by atoms with E-state index in [1.54, 1.807) is 0 Å². The Balaban J connectivity index is 1.99. The van der Waals surface area contributed by atoms with Crippen molar-refractivity contribution in [2.24, 2.45) is 0 Å². The zero-order valence-corrected chi connectivity index (χ0v) is 12.3. The molecule has 0 bridgehead atoms. The van der Waals surface area contributed by atoms with Crippen LogP contribution in [0.1, 0.15) is 29.4 Å². The number of halogens is 1. The van der Waals surface area contributed by atoms with Crippen LogP contribution in [0.5, 0.6) is 0 Å². The highest BCUT2D eigenvalue weighted by Crippen LogP contribution is 2.23. The predicted octanol–water partition coefficient (Wildman–Crippen LogP) is 2.72. The molecule has 5 heteroatoms. The molecule has 0 radical (unpaired) electrons. The largest absolute Gasteiger partial charge is 0.337 e. The lowest BCUT2D eigenvalue weighted by Crippen LogP contribution is -2.40. The average Bonchev–Trinajstić information content (AvgIpc) is 2.96. The first-order valence-electron chi connectivity index (χ1n) is 5.98. The normalized spacial score (nSPS) is 19.5. The minimum atomic E-state index is 0.150. The molecule has 0 aliphatic carbocycles. The number of nitrogens with zero attached hydrogens (tertiary/aromatic N) is 1. The molecule has 1 aromatic heterocycles. The second-order valence-corrected chi connectivity index (χ2v) is 6.70. The molecule has 1 aromatic rings. The van der Waals surface area contributed by atoms with Crippen LogP contribution < -0.4 is 5.32 Å². The Hall–Kier alpha value is -0.390. The number of likely N-dealkylation sites (N-methyl/N-ethyl adjacent to an activating group) is 1. The number of carbonyl (C=O) groups is 1. The first kappa shape index (κ1) is 13.1. The van der Waals surface area contributed by atoms with E-state index < -0.39 is 0 Å². The van der Waals surface area contributed by atoms with E-state index in [1.165, 1.54) is 24.2 Å². The van der Waals surface area contributed by atoms with Crippen LogP contribution in [-0.2, 0) is 0 Å². The fourth-order valence-electron chi connectivity index (χ4n) is 2.12. The summed E-state index contributed by atoms with van der Waals surface area (Å²) in [4.78, 5) is 15.0. The number of hydrogen-bond acceptors (Lipinski definition) is 3. The van der Waals surface area contributed by atoms with Gasteiger partial charge in [-0.15, -0.1) is 11.3 Å². The van der Waals surface area contributed by atoms with E-state index >= 15 is 0 Å². The maximum Gasteiger partial charge on any atom is 0.264 e. The Morgan fingerprint density at radius 3 is 3.00 bits per heavy atom. The minimum absolute atomic E-state index is 0.150. The summed E-state index contributed by atoms with van der Waals surface area (Å²) in [6.07, 6.45) is 2.40. The predicted molar refractivity (Wildman–Crippen MR) is 74.6 cm³/mol. The third kappa shape index (κ3) is 3.30. The van der Waals surface area contributed by atoms with E-state index in [-0.39, 0.29) is 5.91 Å². The highest BCUT2D eigenvalue weighted by Gasteiger charge is 2.22. The van der Waals surface area contributed by atoms with Crippen molar-refractivity contribution < 1.29 is 4.79 Å². The number of carbonyl (C=O) groups excluding carboxylic acids is 1. The Morgan fingerprint density at radius 2 is 2.47 bits per heavy atom. The summed E-state index contributed by atoms with van der Waals surface area (Å²) >= 11 is 4.90. The Morgan fingerprint density at radius 1 is 1.65 bits per heavy atom. The molecule has 0 saturated carbocycles. The lowest BCUT2D eigenvalue weighted by atomic mass is 10.2. The van der Waals surface area contributed by atoms with Crippen LogP contribution in [0.3, 0.4) is 0 Å². The third-order valence-corrected chi connectivity index (χ3v) is 4.67. The summed E-state index contributed by atoms with van der Waals surface area (Å²) < 4.78 is 1.01. The third-order valence-electron chi connectivity index (χ3n) is 3.06. The first-order chi connectivity index (χ1) is 8.20. The maximum atomic E-state index is 12.3. The molecule has 1 aliphatic rings. The second-order valence-electron chi connectivity index (χ2n) is 4.24. The minimum Gasteiger partial charge on any atom is -0.337 e. The Bertz CT molecular complexity index is 388. The second kappa shape index (κ2) is 5.98. The average molecular weight is 317 g/mol. The maximum absolute atomic E-state index is 12.3. The van der Waals surface area contributed by atoms with Crippen molar-refractivity contribution in [1.29, 1.82) is 0 Å². The van der Waals surface area contributed by atoms with Gasteiger partial charge in [0.2, 0.25) is 0 Å². The molecule has 1 aliphatic heterocycles. The summed E-state index contributed by atoms with van der Waals surface area (Å²) in [7, 11) is 0. The SMILES string of the molecule is CCN(CC1CCCN1)C(=O)c1ccc(Br)s1. The molecular formula is C12H17BrN2OS. The summed E-state index contributed by atoms with van der Waals surface area (Å²) in [6, 6.07) is 4.30. The molecule has 17 heavy (non-hydrogen) atoms. The van der Waals surface area contributed by atoms with Crippen LogP contribution in [0, 0.1) is 0 Å². The van der Waals surface area contributed by atoms with Gasteiger partial charge in [-0.05, 0) is 54.4 Å². The van der Waals surface area contributed by atoms with Crippen molar-refractivity contribution in [2.75, 3.05) is 19.6 Å². The summed E-state index contributed by atoms with van der Waals surface area (Å²) in [5.41, 5.74) is 0. The van der Waals surface area contributed by atoms with E-state index in [1.807, 2.05) is 24.0 Å². The molecule has 1 saturated heterocycles. The quantitative estimate of drug-likeness (QED) is 0.926. The van der Waals surface area contributed by atoms with Crippen LogP contribution in [0.4, 0.5) is 0 Å². The molecule has 0 spiro atoms. The topological polar surface area (TPSA) is 32.3 Å². The molecule has 1 fully saturated rings.